The van der Waals surface area contributed by atoms with Gasteiger partial charge in [-0.3, -0.25) is 39.3 Å². The molecule has 2 aromatic heterocycles. The molecular weight excluding hydrogens is 656 g/mol. The molecule has 3 fully saturated rings. The van der Waals surface area contributed by atoms with Gasteiger partial charge in [-0.15, -0.1) is 0 Å². The number of hydrogen-bond acceptors (Lipinski definition) is 10. The van der Waals surface area contributed by atoms with Crippen LogP contribution in [0.1, 0.15) is 53.6 Å². The molecule has 270 valence electrons. The van der Waals surface area contributed by atoms with Gasteiger partial charge in [0, 0.05) is 98.4 Å². The van der Waals surface area contributed by atoms with Crippen molar-refractivity contribution in [3.05, 3.63) is 83.8 Å². The second-order valence-corrected chi connectivity index (χ2v) is 14.3. The lowest BCUT2D eigenvalue weighted by atomic mass is 9.92. The second kappa shape index (κ2) is 15.5. The maximum absolute atomic E-state index is 13.5. The summed E-state index contributed by atoms with van der Waals surface area (Å²) >= 11 is 0. The van der Waals surface area contributed by atoms with Crippen LogP contribution in [0.4, 0.5) is 22.9 Å². The maximum Gasteiger partial charge on any atom is 0.261 e. The molecule has 5 heterocycles. The van der Waals surface area contributed by atoms with Crippen LogP contribution in [0.15, 0.2) is 67.1 Å². The van der Waals surface area contributed by atoms with E-state index in [0.717, 1.165) is 84.2 Å². The number of benzene rings is 2. The Balaban J connectivity index is 0.885. The predicted molar refractivity (Wildman–Crippen MR) is 202 cm³/mol. The third-order valence-electron chi connectivity index (χ3n) is 10.9. The van der Waals surface area contributed by atoms with E-state index in [-0.39, 0.29) is 12.8 Å². The van der Waals surface area contributed by atoms with Crippen LogP contribution in [-0.2, 0) is 14.4 Å². The number of piperazine rings is 1. The highest BCUT2D eigenvalue weighted by Crippen LogP contribution is 2.31. The predicted octanol–water partition coefficient (Wildman–Crippen LogP) is 4.82. The number of imide groups is 2. The number of nitrogens with zero attached hydrogens (tertiary/aromatic N) is 6. The van der Waals surface area contributed by atoms with Gasteiger partial charge in [0.1, 0.15) is 11.9 Å². The Hall–Kier alpha value is -5.36. The van der Waals surface area contributed by atoms with Gasteiger partial charge in [0.05, 0.1) is 0 Å². The first-order valence-electron chi connectivity index (χ1n) is 18.3. The number of piperidine rings is 2. The first-order chi connectivity index (χ1) is 25.2. The fourth-order valence-electron chi connectivity index (χ4n) is 7.68. The van der Waals surface area contributed by atoms with E-state index >= 15 is 0 Å². The summed E-state index contributed by atoms with van der Waals surface area (Å²) < 4.78 is 0. The van der Waals surface area contributed by atoms with Crippen molar-refractivity contribution in [2.45, 2.75) is 52.0 Å². The normalized spacial score (nSPS) is 18.7. The molecule has 2 N–H and O–H groups in total. The van der Waals surface area contributed by atoms with Crippen LogP contribution in [-0.4, -0.2) is 95.8 Å². The number of amides is 4. The van der Waals surface area contributed by atoms with Gasteiger partial charge < -0.3 is 15.1 Å². The highest BCUT2D eigenvalue weighted by Gasteiger charge is 2.35. The Morgan fingerprint density at radius 3 is 2.48 bits per heavy atom. The summed E-state index contributed by atoms with van der Waals surface area (Å²) in [6.45, 7) is 10.7. The summed E-state index contributed by atoms with van der Waals surface area (Å²) in [7, 11) is 0. The number of anilines is 4. The summed E-state index contributed by atoms with van der Waals surface area (Å²) in [5, 5.41) is 7.98. The smallest absolute Gasteiger partial charge is 0.261 e. The minimum Gasteiger partial charge on any atom is -0.371 e. The number of pyridine rings is 2. The molecule has 3 aliphatic rings. The first kappa shape index (κ1) is 35.1. The number of hydrogen-bond donors (Lipinski definition) is 2. The van der Waals surface area contributed by atoms with E-state index in [2.05, 4.69) is 66.5 Å². The molecular formula is C40H46N8O4. The summed E-state index contributed by atoms with van der Waals surface area (Å²) in [6, 6.07) is 15.2. The van der Waals surface area contributed by atoms with Crippen molar-refractivity contribution in [2.24, 2.45) is 5.92 Å². The average molecular weight is 703 g/mol. The van der Waals surface area contributed by atoms with E-state index < -0.39 is 23.8 Å². The monoisotopic (exact) mass is 702 g/mol. The highest BCUT2D eigenvalue weighted by molar-refractivity contribution is 6.08. The van der Waals surface area contributed by atoms with Crippen molar-refractivity contribution in [1.29, 1.82) is 0 Å². The van der Waals surface area contributed by atoms with Gasteiger partial charge >= 0.3 is 0 Å². The number of rotatable bonds is 10. The standard InChI is InChI=1S/C40H46N8O4/c1-27-3-6-33(22-34(27)40(52)48(26-49)35-7-8-38(50)44-39(35)51)46-19-17-45(18-20-46)14-10-29-11-15-47(16-12-29)36-23-37(42-24-28(36)2)43-32-5-4-31-25-41-13-9-30(31)21-32/h3-6,9,13,21-26,29,35H,7-8,10-12,14-20H2,1-2H3,(H,42,43)(H,44,50,51). The van der Waals surface area contributed by atoms with Crippen LogP contribution in [0.2, 0.25) is 0 Å². The van der Waals surface area contributed by atoms with Crippen LogP contribution in [0, 0.1) is 19.8 Å². The van der Waals surface area contributed by atoms with E-state index in [9.17, 15) is 19.2 Å². The lowest BCUT2D eigenvalue weighted by molar-refractivity contribution is -0.139. The quantitative estimate of drug-likeness (QED) is 0.175. The Bertz CT molecular complexity index is 1970. The van der Waals surface area contributed by atoms with Crippen molar-refractivity contribution < 1.29 is 19.2 Å². The Labute approximate surface area is 304 Å². The van der Waals surface area contributed by atoms with Crippen LogP contribution in [0.25, 0.3) is 10.8 Å². The summed E-state index contributed by atoms with van der Waals surface area (Å²) in [5.41, 5.74) is 5.48. The molecule has 1 unspecified atom stereocenters. The van der Waals surface area contributed by atoms with E-state index in [4.69, 9.17) is 0 Å². The molecule has 4 amide bonds. The molecule has 1 atom stereocenters. The fraction of sp³-hybridized carbons (Fsp3) is 0.400. The Kier molecular flexibility index (Phi) is 10.4. The van der Waals surface area contributed by atoms with E-state index in [1.807, 2.05) is 49.8 Å². The molecule has 3 saturated heterocycles. The molecule has 52 heavy (non-hydrogen) atoms. The van der Waals surface area contributed by atoms with Crippen molar-refractivity contribution in [3.63, 3.8) is 0 Å². The van der Waals surface area contributed by atoms with Gasteiger partial charge in [-0.2, -0.15) is 0 Å². The molecule has 0 bridgehead atoms. The van der Waals surface area contributed by atoms with Crippen molar-refractivity contribution in [2.75, 3.05) is 60.9 Å². The molecule has 12 nitrogen and oxygen atoms in total. The largest absolute Gasteiger partial charge is 0.371 e. The highest BCUT2D eigenvalue weighted by atomic mass is 16.2. The summed E-state index contributed by atoms with van der Waals surface area (Å²) in [5.74, 6) is 0.00605. The van der Waals surface area contributed by atoms with Crippen molar-refractivity contribution in [1.82, 2.24) is 25.1 Å². The van der Waals surface area contributed by atoms with Gasteiger partial charge in [-0.05, 0) is 98.8 Å². The minimum atomic E-state index is -0.989. The van der Waals surface area contributed by atoms with Gasteiger partial charge in [0.2, 0.25) is 18.2 Å². The minimum absolute atomic E-state index is 0.0903. The third kappa shape index (κ3) is 7.76. The molecule has 0 aliphatic carbocycles. The summed E-state index contributed by atoms with van der Waals surface area (Å²) in [6.07, 6.45) is 9.78. The molecule has 7 rings (SSSR count). The molecule has 0 saturated carbocycles. The summed E-state index contributed by atoms with van der Waals surface area (Å²) in [4.78, 5) is 66.6. The zero-order chi connectivity index (χ0) is 36.2. The molecule has 12 heteroatoms. The SMILES string of the molecule is Cc1ccc(N2CCN(CCC3CCN(c4cc(Nc5ccc6cnccc6c5)ncc4C)CC3)CC2)cc1C(=O)N(C=O)C1CCC(=O)NC1=O. The van der Waals surface area contributed by atoms with Gasteiger partial charge in [0.15, 0.2) is 0 Å². The number of nitrogens with one attached hydrogen (secondary N) is 2. The topological polar surface area (TPSA) is 131 Å². The van der Waals surface area contributed by atoms with E-state index in [1.165, 1.54) is 30.5 Å². The van der Waals surface area contributed by atoms with Crippen molar-refractivity contribution >= 4 is 57.8 Å². The third-order valence-corrected chi connectivity index (χ3v) is 10.9. The van der Waals surface area contributed by atoms with Crippen molar-refractivity contribution in [3.8, 4) is 0 Å². The van der Waals surface area contributed by atoms with E-state index in [1.54, 1.807) is 0 Å². The number of aryl methyl sites for hydroxylation is 2. The average Bonchev–Trinajstić information content (AvgIpc) is 3.16. The fourth-order valence-corrected chi connectivity index (χ4v) is 7.68. The van der Waals surface area contributed by atoms with Crippen LogP contribution in [0.5, 0.6) is 0 Å². The molecule has 0 radical (unpaired) electrons. The lowest BCUT2D eigenvalue weighted by Gasteiger charge is -2.38. The van der Waals surface area contributed by atoms with Crippen LogP contribution in [0.3, 0.4) is 0 Å². The molecule has 3 aliphatic heterocycles. The number of aromatic nitrogens is 2. The van der Waals surface area contributed by atoms with Gasteiger partial charge in [0.25, 0.3) is 5.91 Å². The molecule has 0 spiro atoms. The van der Waals surface area contributed by atoms with Crippen LogP contribution < -0.4 is 20.4 Å². The van der Waals surface area contributed by atoms with E-state index in [0.29, 0.717) is 17.9 Å². The number of carbonyl (C=O) groups excluding carboxylic acids is 4. The number of carbonyl (C=O) groups is 4. The van der Waals surface area contributed by atoms with Gasteiger partial charge in [-0.1, -0.05) is 12.1 Å². The second-order valence-electron chi connectivity index (χ2n) is 14.3. The Morgan fingerprint density at radius 2 is 1.71 bits per heavy atom. The van der Waals surface area contributed by atoms with Gasteiger partial charge in [-0.25, -0.2) is 4.98 Å². The Morgan fingerprint density at radius 1 is 0.904 bits per heavy atom. The zero-order valence-electron chi connectivity index (χ0n) is 29.9. The zero-order valence-corrected chi connectivity index (χ0v) is 29.9. The lowest BCUT2D eigenvalue weighted by Crippen LogP contribution is -2.54. The number of fused-ring (bicyclic) bond motifs is 1. The molecule has 4 aromatic rings. The molecule has 2 aromatic carbocycles. The maximum atomic E-state index is 13.5. The van der Waals surface area contributed by atoms with Crippen LogP contribution >= 0.6 is 0 Å². The first-order valence-corrected chi connectivity index (χ1v) is 18.3.